The van der Waals surface area contributed by atoms with Gasteiger partial charge in [-0.25, -0.2) is 9.59 Å². The molecule has 0 amide bonds. The number of rotatable bonds is 7. The van der Waals surface area contributed by atoms with Gasteiger partial charge in [0.15, 0.2) is 6.10 Å². The Balaban J connectivity index is 1.50. The van der Waals surface area contributed by atoms with E-state index >= 15 is 0 Å². The molecule has 1 heterocycles. The Morgan fingerprint density at radius 1 is 0.622 bits per heavy atom. The van der Waals surface area contributed by atoms with Gasteiger partial charge in [0.2, 0.25) is 11.7 Å². The summed E-state index contributed by atoms with van der Waals surface area (Å²) in [4.78, 5) is 41.9. The minimum Gasteiger partial charge on any atom is -0.450 e. The number of benzene rings is 4. The molecule has 0 aliphatic heterocycles. The molecule has 5 rings (SSSR count). The van der Waals surface area contributed by atoms with Crippen LogP contribution in [0.1, 0.15) is 39.3 Å². The van der Waals surface area contributed by atoms with Crippen LogP contribution < -0.4 is 5.56 Å². The molecule has 0 saturated heterocycles. The minimum absolute atomic E-state index is 0.0655. The van der Waals surface area contributed by atoms with Crippen molar-refractivity contribution in [3.05, 3.63) is 154 Å². The number of aromatic amines is 1. The van der Waals surface area contributed by atoms with Crippen molar-refractivity contribution in [2.45, 2.75) is 12.2 Å². The lowest BCUT2D eigenvalue weighted by atomic mass is 10.0. The molecule has 0 spiro atoms. The second-order valence-corrected chi connectivity index (χ2v) is 8.43. The van der Waals surface area contributed by atoms with E-state index in [2.05, 4.69) is 4.98 Å². The third-order valence-electron chi connectivity index (χ3n) is 5.95. The number of aromatic nitrogens is 1. The zero-order chi connectivity index (χ0) is 25.6. The number of pyridine rings is 1. The maximum Gasteiger partial charge on any atom is 0.353 e. The number of hydrogen-bond donors (Lipinski definition) is 1. The van der Waals surface area contributed by atoms with Crippen molar-refractivity contribution in [1.29, 1.82) is 0 Å². The fourth-order valence-electron chi connectivity index (χ4n) is 4.19. The van der Waals surface area contributed by atoms with Crippen molar-refractivity contribution >= 4 is 22.8 Å². The van der Waals surface area contributed by atoms with E-state index in [1.165, 1.54) is 6.07 Å². The van der Waals surface area contributed by atoms with Crippen molar-refractivity contribution < 1.29 is 19.1 Å². The van der Waals surface area contributed by atoms with Gasteiger partial charge in [-0.2, -0.15) is 0 Å². The van der Waals surface area contributed by atoms with Gasteiger partial charge in [-0.1, -0.05) is 109 Å². The van der Waals surface area contributed by atoms with E-state index in [1.54, 1.807) is 54.6 Å². The van der Waals surface area contributed by atoms with E-state index in [9.17, 15) is 14.4 Å². The monoisotopic (exact) mass is 489 g/mol. The molecule has 5 aromatic rings. The van der Waals surface area contributed by atoms with E-state index in [4.69, 9.17) is 9.47 Å². The van der Waals surface area contributed by atoms with Crippen LogP contribution in [0, 0.1) is 0 Å². The molecule has 0 fully saturated rings. The van der Waals surface area contributed by atoms with Gasteiger partial charge >= 0.3 is 11.9 Å². The topological polar surface area (TPSA) is 85.5 Å². The fraction of sp³-hybridized carbons (Fsp3) is 0.0645. The summed E-state index contributed by atoms with van der Waals surface area (Å²) in [6.45, 7) is 0. The highest BCUT2D eigenvalue weighted by atomic mass is 16.6. The Bertz CT molecular complexity index is 1540. The number of carbonyl (C=O) groups is 2. The Morgan fingerprint density at radius 3 is 1.73 bits per heavy atom. The lowest BCUT2D eigenvalue weighted by molar-refractivity contribution is -0.158. The second kappa shape index (κ2) is 10.7. The van der Waals surface area contributed by atoms with Gasteiger partial charge in [0.25, 0.3) is 0 Å². The van der Waals surface area contributed by atoms with Gasteiger partial charge in [0, 0.05) is 22.5 Å². The van der Waals surface area contributed by atoms with E-state index < -0.39 is 29.7 Å². The van der Waals surface area contributed by atoms with Crippen LogP contribution in [0.5, 0.6) is 0 Å². The minimum atomic E-state index is -1.35. The summed E-state index contributed by atoms with van der Waals surface area (Å²) in [6.07, 6.45) is -2.05. The summed E-state index contributed by atoms with van der Waals surface area (Å²) < 4.78 is 11.8. The Labute approximate surface area is 213 Å². The van der Waals surface area contributed by atoms with Gasteiger partial charge in [0.1, 0.15) is 0 Å². The Morgan fingerprint density at radius 2 is 1.14 bits per heavy atom. The lowest BCUT2D eigenvalue weighted by Crippen LogP contribution is -2.25. The van der Waals surface area contributed by atoms with Gasteiger partial charge in [-0.15, -0.1) is 0 Å². The predicted molar refractivity (Wildman–Crippen MR) is 140 cm³/mol. The molecule has 0 aliphatic rings. The molecule has 6 heteroatoms. The summed E-state index contributed by atoms with van der Waals surface area (Å²) >= 11 is 0. The Hall–Kier alpha value is -4.97. The molecule has 1 unspecified atom stereocenters. The van der Waals surface area contributed by atoms with E-state index in [0.717, 1.165) is 11.1 Å². The van der Waals surface area contributed by atoms with Crippen molar-refractivity contribution in [1.82, 2.24) is 4.98 Å². The molecule has 0 bridgehead atoms. The van der Waals surface area contributed by atoms with Crippen LogP contribution in [0.2, 0.25) is 0 Å². The van der Waals surface area contributed by atoms with Gasteiger partial charge in [-0.05, 0) is 17.2 Å². The fourth-order valence-corrected chi connectivity index (χ4v) is 4.19. The van der Waals surface area contributed by atoms with Crippen molar-refractivity contribution in [2.75, 3.05) is 0 Å². The molecule has 1 atom stereocenters. The van der Waals surface area contributed by atoms with E-state index in [-0.39, 0.29) is 5.56 Å². The zero-order valence-corrected chi connectivity index (χ0v) is 19.7. The predicted octanol–water partition coefficient (Wildman–Crippen LogP) is 5.76. The number of para-hydroxylation sites is 1. The van der Waals surface area contributed by atoms with Crippen LogP contribution in [-0.2, 0) is 14.3 Å². The average Bonchev–Trinajstić information content (AvgIpc) is 2.95. The smallest absolute Gasteiger partial charge is 0.353 e. The molecule has 1 aromatic heterocycles. The number of fused-ring (bicyclic) bond motifs is 1. The third kappa shape index (κ3) is 5.33. The highest BCUT2D eigenvalue weighted by molar-refractivity contribution is 6.03. The van der Waals surface area contributed by atoms with Crippen LogP contribution >= 0.6 is 0 Å². The van der Waals surface area contributed by atoms with Crippen molar-refractivity contribution in [3.63, 3.8) is 0 Å². The van der Waals surface area contributed by atoms with Gasteiger partial charge in [-0.3, -0.25) is 4.79 Å². The van der Waals surface area contributed by atoms with Crippen molar-refractivity contribution in [2.24, 2.45) is 0 Å². The second-order valence-electron chi connectivity index (χ2n) is 8.43. The summed E-state index contributed by atoms with van der Waals surface area (Å²) in [5, 5.41) is 0.513. The number of nitrogens with one attached hydrogen (secondary N) is 1. The first-order valence-electron chi connectivity index (χ1n) is 11.8. The number of H-pyrrole nitrogens is 1. The van der Waals surface area contributed by atoms with Gasteiger partial charge < -0.3 is 14.5 Å². The maximum atomic E-state index is 13.6. The molecule has 182 valence electrons. The molecule has 1 N–H and O–H groups in total. The van der Waals surface area contributed by atoms with Crippen LogP contribution in [-0.4, -0.2) is 16.9 Å². The molecule has 0 radical (unpaired) electrons. The van der Waals surface area contributed by atoms with E-state index in [1.807, 2.05) is 60.7 Å². The number of carbonyl (C=O) groups excluding carboxylic acids is 2. The molecule has 37 heavy (non-hydrogen) atoms. The largest absolute Gasteiger partial charge is 0.450 e. The molecular weight excluding hydrogens is 466 g/mol. The lowest BCUT2D eigenvalue weighted by Gasteiger charge is -2.23. The maximum absolute atomic E-state index is 13.6. The average molecular weight is 490 g/mol. The van der Waals surface area contributed by atoms with Gasteiger partial charge in [0.05, 0.1) is 5.56 Å². The first kappa shape index (κ1) is 23.8. The van der Waals surface area contributed by atoms with Crippen LogP contribution in [0.4, 0.5) is 0 Å². The summed E-state index contributed by atoms with van der Waals surface area (Å²) in [7, 11) is 0. The Kier molecular flexibility index (Phi) is 6.90. The zero-order valence-electron chi connectivity index (χ0n) is 19.7. The number of esters is 2. The standard InChI is InChI=1S/C31H23NO5/c33-27-20-25(24-18-10-11-19-26(24)32-27)30(34)37-29(23-16-8-3-9-17-23)31(35)36-28(21-12-4-1-5-13-21)22-14-6-2-7-15-22/h1-20,28-29H,(H,32,33). The first-order chi connectivity index (χ1) is 18.1. The third-order valence-corrected chi connectivity index (χ3v) is 5.95. The van der Waals surface area contributed by atoms with Crippen LogP contribution in [0.15, 0.2) is 126 Å². The number of hydrogen-bond acceptors (Lipinski definition) is 5. The summed E-state index contributed by atoms with van der Waals surface area (Å²) in [5.41, 5.74) is 2.12. The van der Waals surface area contributed by atoms with Crippen LogP contribution in [0.25, 0.3) is 10.9 Å². The molecule has 6 nitrogen and oxygen atoms in total. The molecular formula is C31H23NO5. The SMILES string of the molecule is O=C(OC(C(=O)OC(c1ccccc1)c1ccccc1)c1ccccc1)c1cc(=O)[nH]c2ccccc12. The highest BCUT2D eigenvalue weighted by Gasteiger charge is 2.31. The van der Waals surface area contributed by atoms with Crippen LogP contribution in [0.3, 0.4) is 0 Å². The summed E-state index contributed by atoms with van der Waals surface area (Å²) in [5.74, 6) is -1.53. The molecule has 4 aromatic carbocycles. The normalized spacial score (nSPS) is 11.7. The highest BCUT2D eigenvalue weighted by Crippen LogP contribution is 2.30. The quantitative estimate of drug-likeness (QED) is 0.294. The first-order valence-corrected chi connectivity index (χ1v) is 11.8. The van der Waals surface area contributed by atoms with E-state index in [0.29, 0.717) is 16.5 Å². The number of ether oxygens (including phenoxy) is 2. The summed E-state index contributed by atoms with van der Waals surface area (Å²) in [6, 6.07) is 35.5. The van der Waals surface area contributed by atoms with Crippen molar-refractivity contribution in [3.8, 4) is 0 Å². The molecule has 0 saturated carbocycles. The molecule has 0 aliphatic carbocycles.